The highest BCUT2D eigenvalue weighted by molar-refractivity contribution is 5.95. The number of phenols is 1. The number of rotatable bonds is 3. The van der Waals surface area contributed by atoms with E-state index in [0.29, 0.717) is 17.4 Å². The number of methoxy groups -OCH3 is 1. The van der Waals surface area contributed by atoms with E-state index in [0.717, 1.165) is 25.8 Å². The van der Waals surface area contributed by atoms with Gasteiger partial charge in [-0.1, -0.05) is 6.92 Å². The fourth-order valence-electron chi connectivity index (χ4n) is 2.52. The number of ether oxygens (including phenoxy) is 1. The van der Waals surface area contributed by atoms with Crippen LogP contribution >= 0.6 is 0 Å². The molecule has 1 aliphatic rings. The zero-order chi connectivity index (χ0) is 13.1. The van der Waals surface area contributed by atoms with Gasteiger partial charge >= 0.3 is 0 Å². The largest absolute Gasteiger partial charge is 0.504 e. The zero-order valence-electron chi connectivity index (χ0n) is 10.8. The molecule has 1 unspecified atom stereocenters. The molecule has 1 saturated heterocycles. The van der Waals surface area contributed by atoms with Crippen molar-refractivity contribution < 1.29 is 14.6 Å². The van der Waals surface area contributed by atoms with Gasteiger partial charge in [-0.15, -0.1) is 0 Å². The van der Waals surface area contributed by atoms with Crippen molar-refractivity contribution in [3.63, 3.8) is 0 Å². The first-order valence-electron chi connectivity index (χ1n) is 6.35. The first-order valence-corrected chi connectivity index (χ1v) is 6.35. The van der Waals surface area contributed by atoms with E-state index < -0.39 is 0 Å². The first-order chi connectivity index (χ1) is 8.67. The van der Waals surface area contributed by atoms with E-state index >= 15 is 0 Å². The molecule has 0 radical (unpaired) electrons. The van der Waals surface area contributed by atoms with Crippen molar-refractivity contribution in [3.8, 4) is 11.5 Å². The minimum absolute atomic E-state index is 0.00250. The second-order valence-corrected chi connectivity index (χ2v) is 4.59. The Balaban J connectivity index is 2.21. The van der Waals surface area contributed by atoms with Crippen LogP contribution in [0.25, 0.3) is 0 Å². The fraction of sp³-hybridized carbons (Fsp3) is 0.500. The SMILES string of the molecule is CCC1CCCN1C(=O)c1ccc(OC)c(O)c1. The summed E-state index contributed by atoms with van der Waals surface area (Å²) in [6.07, 6.45) is 3.12. The highest BCUT2D eigenvalue weighted by atomic mass is 16.5. The molecule has 0 spiro atoms. The predicted molar refractivity (Wildman–Crippen MR) is 69.0 cm³/mol. The third-order valence-corrected chi connectivity index (χ3v) is 3.54. The first kappa shape index (κ1) is 12.7. The molecule has 0 bridgehead atoms. The summed E-state index contributed by atoms with van der Waals surface area (Å²) in [5, 5.41) is 9.71. The third-order valence-electron chi connectivity index (χ3n) is 3.54. The summed E-state index contributed by atoms with van der Waals surface area (Å²) in [6, 6.07) is 5.14. The van der Waals surface area contributed by atoms with Gasteiger partial charge in [0.2, 0.25) is 0 Å². The van der Waals surface area contributed by atoms with E-state index in [9.17, 15) is 9.90 Å². The number of nitrogens with zero attached hydrogens (tertiary/aromatic N) is 1. The van der Waals surface area contributed by atoms with Crippen molar-refractivity contribution in [2.45, 2.75) is 32.2 Å². The van der Waals surface area contributed by atoms with Crippen LogP contribution in [0.4, 0.5) is 0 Å². The number of carbonyl (C=O) groups excluding carboxylic acids is 1. The number of hydrogen-bond acceptors (Lipinski definition) is 3. The maximum Gasteiger partial charge on any atom is 0.254 e. The van der Waals surface area contributed by atoms with Gasteiger partial charge in [0.05, 0.1) is 7.11 Å². The zero-order valence-corrected chi connectivity index (χ0v) is 10.8. The maximum absolute atomic E-state index is 12.3. The van der Waals surface area contributed by atoms with Gasteiger partial charge in [-0.05, 0) is 37.5 Å². The second-order valence-electron chi connectivity index (χ2n) is 4.59. The summed E-state index contributed by atoms with van der Waals surface area (Å²) in [6.45, 7) is 2.91. The Bertz CT molecular complexity index is 445. The summed E-state index contributed by atoms with van der Waals surface area (Å²) in [4.78, 5) is 14.2. The lowest BCUT2D eigenvalue weighted by Gasteiger charge is -2.23. The molecule has 1 aromatic rings. The fourth-order valence-corrected chi connectivity index (χ4v) is 2.52. The molecular formula is C14H19NO3. The Morgan fingerprint density at radius 3 is 2.94 bits per heavy atom. The quantitative estimate of drug-likeness (QED) is 0.895. The van der Waals surface area contributed by atoms with Crippen LogP contribution in [0.1, 0.15) is 36.5 Å². The molecule has 0 aromatic heterocycles. The van der Waals surface area contributed by atoms with Crippen molar-refractivity contribution in [2.24, 2.45) is 0 Å². The van der Waals surface area contributed by atoms with Crippen molar-refractivity contribution in [2.75, 3.05) is 13.7 Å². The lowest BCUT2D eigenvalue weighted by atomic mass is 10.1. The van der Waals surface area contributed by atoms with Crippen LogP contribution in [0.2, 0.25) is 0 Å². The normalized spacial score (nSPS) is 19.0. The molecule has 2 rings (SSSR count). The van der Waals surface area contributed by atoms with Crippen LogP contribution in [-0.4, -0.2) is 35.6 Å². The van der Waals surface area contributed by atoms with Crippen molar-refractivity contribution in [1.82, 2.24) is 4.90 Å². The van der Waals surface area contributed by atoms with Crippen molar-refractivity contribution >= 4 is 5.91 Å². The topological polar surface area (TPSA) is 49.8 Å². The Kier molecular flexibility index (Phi) is 3.75. The third kappa shape index (κ3) is 2.28. The Hall–Kier alpha value is -1.71. The molecule has 4 heteroatoms. The Labute approximate surface area is 107 Å². The number of amides is 1. The van der Waals surface area contributed by atoms with Gasteiger partial charge in [0, 0.05) is 18.2 Å². The molecule has 1 heterocycles. The second kappa shape index (κ2) is 5.29. The van der Waals surface area contributed by atoms with Crippen LogP contribution in [0, 0.1) is 0 Å². The minimum Gasteiger partial charge on any atom is -0.504 e. The molecule has 1 atom stereocenters. The van der Waals surface area contributed by atoms with E-state index in [1.54, 1.807) is 12.1 Å². The van der Waals surface area contributed by atoms with Crippen LogP contribution in [0.15, 0.2) is 18.2 Å². The van der Waals surface area contributed by atoms with E-state index in [2.05, 4.69) is 6.92 Å². The maximum atomic E-state index is 12.3. The number of hydrogen-bond donors (Lipinski definition) is 1. The summed E-state index contributed by atoms with van der Waals surface area (Å²) in [5.41, 5.74) is 0.522. The van der Waals surface area contributed by atoms with Crippen molar-refractivity contribution in [3.05, 3.63) is 23.8 Å². The smallest absolute Gasteiger partial charge is 0.254 e. The summed E-state index contributed by atoms with van der Waals surface area (Å²) in [7, 11) is 1.49. The Morgan fingerprint density at radius 2 is 2.33 bits per heavy atom. The summed E-state index contributed by atoms with van der Waals surface area (Å²) in [5.74, 6) is 0.396. The summed E-state index contributed by atoms with van der Waals surface area (Å²) >= 11 is 0. The molecule has 1 aromatic carbocycles. The lowest BCUT2D eigenvalue weighted by molar-refractivity contribution is 0.0733. The molecule has 0 aliphatic carbocycles. The molecule has 1 amide bonds. The molecule has 1 aliphatic heterocycles. The standard InChI is InChI=1S/C14H19NO3/c1-3-11-5-4-8-15(11)14(17)10-6-7-13(18-2)12(16)9-10/h6-7,9,11,16H,3-5,8H2,1-2H3. The van der Waals surface area contributed by atoms with Crippen LogP contribution in [-0.2, 0) is 0 Å². The average Bonchev–Trinajstić information content (AvgIpc) is 2.86. The van der Waals surface area contributed by atoms with E-state index in [1.165, 1.54) is 13.2 Å². The van der Waals surface area contributed by atoms with Gasteiger partial charge in [0.1, 0.15) is 0 Å². The molecular weight excluding hydrogens is 230 g/mol. The van der Waals surface area contributed by atoms with E-state index in [4.69, 9.17) is 4.74 Å². The van der Waals surface area contributed by atoms with Crippen LogP contribution < -0.4 is 4.74 Å². The van der Waals surface area contributed by atoms with Gasteiger partial charge in [-0.2, -0.15) is 0 Å². The molecule has 18 heavy (non-hydrogen) atoms. The number of likely N-dealkylation sites (tertiary alicyclic amines) is 1. The van der Waals surface area contributed by atoms with E-state index in [-0.39, 0.29) is 11.7 Å². The Morgan fingerprint density at radius 1 is 1.56 bits per heavy atom. The molecule has 0 saturated carbocycles. The molecule has 1 fully saturated rings. The molecule has 4 nitrogen and oxygen atoms in total. The molecule has 98 valence electrons. The minimum atomic E-state index is -0.00250. The van der Waals surface area contributed by atoms with Gasteiger partial charge < -0.3 is 14.7 Å². The van der Waals surface area contributed by atoms with Gasteiger partial charge in [-0.3, -0.25) is 4.79 Å². The number of carbonyl (C=O) groups is 1. The summed E-state index contributed by atoms with van der Waals surface area (Å²) < 4.78 is 4.97. The number of benzene rings is 1. The van der Waals surface area contributed by atoms with Gasteiger partial charge in [0.15, 0.2) is 11.5 Å². The van der Waals surface area contributed by atoms with Crippen LogP contribution in [0.5, 0.6) is 11.5 Å². The predicted octanol–water partition coefficient (Wildman–Crippen LogP) is 2.42. The number of phenolic OH excluding ortho intramolecular Hbond substituents is 1. The lowest BCUT2D eigenvalue weighted by Crippen LogP contribution is -2.35. The van der Waals surface area contributed by atoms with Crippen molar-refractivity contribution in [1.29, 1.82) is 0 Å². The molecule has 1 N–H and O–H groups in total. The van der Waals surface area contributed by atoms with Gasteiger partial charge in [-0.25, -0.2) is 0 Å². The average molecular weight is 249 g/mol. The number of aromatic hydroxyl groups is 1. The van der Waals surface area contributed by atoms with Gasteiger partial charge in [0.25, 0.3) is 5.91 Å². The van der Waals surface area contributed by atoms with Crippen LogP contribution in [0.3, 0.4) is 0 Å². The van der Waals surface area contributed by atoms with E-state index in [1.807, 2.05) is 4.90 Å². The highest BCUT2D eigenvalue weighted by Crippen LogP contribution is 2.28. The highest BCUT2D eigenvalue weighted by Gasteiger charge is 2.28. The monoisotopic (exact) mass is 249 g/mol.